The van der Waals surface area contributed by atoms with Gasteiger partial charge in [-0.1, -0.05) is 11.8 Å². The maximum atomic E-state index is 13.2. The van der Waals surface area contributed by atoms with Crippen molar-refractivity contribution >= 4 is 34.7 Å². The molecule has 8 nitrogen and oxygen atoms in total. The van der Waals surface area contributed by atoms with Crippen LogP contribution in [0.25, 0.3) is 16.8 Å². The number of Topliss-reactive ketones (excluding diaryl/α,β-unsaturated/α-hetero) is 1. The molecule has 2 heterocycles. The van der Waals surface area contributed by atoms with Crippen LogP contribution in [0, 0.1) is 5.82 Å². The number of hydrogen-bond acceptors (Lipinski definition) is 6. The van der Waals surface area contributed by atoms with Gasteiger partial charge in [-0.15, -0.1) is 5.10 Å². The van der Waals surface area contributed by atoms with Crippen LogP contribution < -0.4 is 10.9 Å². The summed E-state index contributed by atoms with van der Waals surface area (Å²) in [4.78, 5) is 35.8. The molecule has 0 spiro atoms. The fourth-order valence-corrected chi connectivity index (χ4v) is 3.57. The van der Waals surface area contributed by atoms with Gasteiger partial charge in [0.15, 0.2) is 5.78 Å². The van der Waals surface area contributed by atoms with Gasteiger partial charge in [0.1, 0.15) is 11.3 Å². The van der Waals surface area contributed by atoms with E-state index in [9.17, 15) is 18.8 Å². The number of hydrogen-bond donors (Lipinski definition) is 2. The molecule has 0 radical (unpaired) electrons. The quantitative estimate of drug-likeness (QED) is 0.354. The molecule has 0 bridgehead atoms. The predicted molar refractivity (Wildman–Crippen MR) is 115 cm³/mol. The molecule has 2 N–H and O–H groups in total. The molecule has 0 saturated heterocycles. The third-order valence-corrected chi connectivity index (χ3v) is 5.35. The summed E-state index contributed by atoms with van der Waals surface area (Å²) in [5.74, 6) is -0.687. The maximum Gasteiger partial charge on any atom is 0.290 e. The number of carbonyl (C=O) groups is 2. The predicted octanol–water partition coefficient (Wildman–Crippen LogP) is 3.16. The number of ketones is 1. The summed E-state index contributed by atoms with van der Waals surface area (Å²) in [7, 11) is 0. The van der Waals surface area contributed by atoms with Crippen molar-refractivity contribution in [2.45, 2.75) is 12.1 Å². The average molecular weight is 437 g/mol. The Bertz CT molecular complexity index is 1330. The van der Waals surface area contributed by atoms with E-state index in [1.165, 1.54) is 23.6 Å². The second-order valence-electron chi connectivity index (χ2n) is 6.64. The number of amides is 1. The number of rotatable bonds is 6. The Balaban J connectivity index is 1.51. The first-order valence-electron chi connectivity index (χ1n) is 9.19. The summed E-state index contributed by atoms with van der Waals surface area (Å²) in [5, 5.41) is 13.8. The smallest absolute Gasteiger partial charge is 0.290 e. The molecule has 0 atom stereocenters. The van der Waals surface area contributed by atoms with E-state index in [0.29, 0.717) is 27.7 Å². The summed E-state index contributed by atoms with van der Waals surface area (Å²) in [6.07, 6.45) is 0. The highest BCUT2D eigenvalue weighted by atomic mass is 32.2. The van der Waals surface area contributed by atoms with Gasteiger partial charge in [-0.05, 0) is 61.5 Å². The molecule has 2 aromatic heterocycles. The van der Waals surface area contributed by atoms with Crippen molar-refractivity contribution in [1.29, 1.82) is 0 Å². The maximum absolute atomic E-state index is 13.2. The van der Waals surface area contributed by atoms with Crippen LogP contribution in [0.1, 0.15) is 17.3 Å². The number of H-pyrrole nitrogens is 1. The van der Waals surface area contributed by atoms with E-state index < -0.39 is 5.56 Å². The number of halogens is 1. The summed E-state index contributed by atoms with van der Waals surface area (Å²) < 4.78 is 14.5. The molecule has 4 rings (SSSR count). The van der Waals surface area contributed by atoms with Crippen LogP contribution in [0.4, 0.5) is 10.1 Å². The molecule has 0 aliphatic carbocycles. The molecule has 0 fully saturated rings. The van der Waals surface area contributed by atoms with E-state index >= 15 is 0 Å². The second kappa shape index (κ2) is 8.52. The molecule has 156 valence electrons. The van der Waals surface area contributed by atoms with Crippen LogP contribution in [0.5, 0.6) is 0 Å². The van der Waals surface area contributed by atoms with Crippen molar-refractivity contribution in [3.63, 3.8) is 0 Å². The number of thioether (sulfide) groups is 1. The SMILES string of the molecule is CC(=O)c1ccc(NC(=O)CSc2n[nH]c(=O)c3cc(-c4ccc(F)cc4)nn23)cc1. The van der Waals surface area contributed by atoms with Gasteiger partial charge >= 0.3 is 0 Å². The number of aromatic nitrogens is 4. The first-order chi connectivity index (χ1) is 14.9. The molecule has 0 saturated carbocycles. The van der Waals surface area contributed by atoms with Gasteiger partial charge in [0.05, 0.1) is 11.4 Å². The van der Waals surface area contributed by atoms with Crippen molar-refractivity contribution < 1.29 is 14.0 Å². The van der Waals surface area contributed by atoms with Gasteiger partial charge in [0.25, 0.3) is 5.56 Å². The molecule has 0 aliphatic rings. The highest BCUT2D eigenvalue weighted by Crippen LogP contribution is 2.22. The zero-order valence-electron chi connectivity index (χ0n) is 16.3. The highest BCUT2D eigenvalue weighted by molar-refractivity contribution is 7.99. The summed E-state index contributed by atoms with van der Waals surface area (Å²) in [6.45, 7) is 1.47. The lowest BCUT2D eigenvalue weighted by molar-refractivity contribution is -0.113. The van der Waals surface area contributed by atoms with E-state index in [2.05, 4.69) is 20.6 Å². The standard InChI is InChI=1S/C21H16FN5O3S/c1-12(28)13-4-8-16(9-5-13)23-19(29)11-31-21-25-24-20(30)18-10-17(26-27(18)21)14-2-6-15(22)7-3-14/h2-10H,11H2,1H3,(H,23,29)(H,24,30). The van der Waals surface area contributed by atoms with Gasteiger partial charge in [-0.3, -0.25) is 14.4 Å². The molecular weight excluding hydrogens is 421 g/mol. The topological polar surface area (TPSA) is 109 Å². The molecule has 1 amide bonds. The minimum atomic E-state index is -0.430. The van der Waals surface area contributed by atoms with Crippen molar-refractivity contribution in [2.75, 3.05) is 11.1 Å². The number of fused-ring (bicyclic) bond motifs is 1. The van der Waals surface area contributed by atoms with E-state index in [-0.39, 0.29) is 28.8 Å². The van der Waals surface area contributed by atoms with Crippen LogP contribution >= 0.6 is 11.8 Å². The molecular formula is C21H16FN5O3S. The van der Waals surface area contributed by atoms with Gasteiger partial charge in [0, 0.05) is 16.8 Å². The van der Waals surface area contributed by atoms with E-state index in [1.54, 1.807) is 42.5 Å². The monoisotopic (exact) mass is 437 g/mol. The number of carbonyl (C=O) groups excluding carboxylic acids is 2. The second-order valence-corrected chi connectivity index (χ2v) is 7.58. The zero-order valence-corrected chi connectivity index (χ0v) is 17.1. The zero-order chi connectivity index (χ0) is 22.0. The van der Waals surface area contributed by atoms with E-state index in [4.69, 9.17) is 0 Å². The molecule has 0 unspecified atom stereocenters. The lowest BCUT2D eigenvalue weighted by Crippen LogP contribution is -2.17. The minimum Gasteiger partial charge on any atom is -0.325 e. The summed E-state index contributed by atoms with van der Waals surface area (Å²) >= 11 is 1.10. The Morgan fingerprint density at radius 2 is 1.84 bits per heavy atom. The number of nitrogens with zero attached hydrogens (tertiary/aromatic N) is 3. The molecule has 2 aromatic carbocycles. The third-order valence-electron chi connectivity index (χ3n) is 4.42. The summed E-state index contributed by atoms with van der Waals surface area (Å²) in [6, 6.07) is 13.9. The largest absolute Gasteiger partial charge is 0.325 e. The Kier molecular flexibility index (Phi) is 5.63. The van der Waals surface area contributed by atoms with Gasteiger partial charge < -0.3 is 5.32 Å². The van der Waals surface area contributed by atoms with E-state index in [0.717, 1.165) is 11.8 Å². The normalized spacial score (nSPS) is 10.9. The number of benzene rings is 2. The minimum absolute atomic E-state index is 0.0222. The lowest BCUT2D eigenvalue weighted by atomic mass is 10.1. The Hall–Kier alpha value is -3.79. The van der Waals surface area contributed by atoms with Gasteiger partial charge in [-0.2, -0.15) is 5.10 Å². The summed E-state index contributed by atoms with van der Waals surface area (Å²) in [5.41, 5.74) is 2.08. The highest BCUT2D eigenvalue weighted by Gasteiger charge is 2.14. The fourth-order valence-electron chi connectivity index (χ4n) is 2.86. The van der Waals surface area contributed by atoms with Gasteiger partial charge in [-0.25, -0.2) is 14.0 Å². The van der Waals surface area contributed by atoms with Gasteiger partial charge in [0.2, 0.25) is 11.1 Å². The number of nitrogens with one attached hydrogen (secondary N) is 2. The van der Waals surface area contributed by atoms with E-state index in [1.807, 2.05) is 0 Å². The fraction of sp³-hybridized carbons (Fsp3) is 0.0952. The molecule has 10 heteroatoms. The molecule has 31 heavy (non-hydrogen) atoms. The third kappa shape index (κ3) is 4.53. The molecule has 4 aromatic rings. The Morgan fingerprint density at radius 1 is 1.13 bits per heavy atom. The van der Waals surface area contributed by atoms with Crippen molar-refractivity contribution in [3.05, 3.63) is 76.3 Å². The van der Waals surface area contributed by atoms with Crippen LogP contribution in [-0.2, 0) is 4.79 Å². The first-order valence-corrected chi connectivity index (χ1v) is 10.2. The lowest BCUT2D eigenvalue weighted by Gasteiger charge is -2.06. The van der Waals surface area contributed by atoms with Crippen molar-refractivity contribution in [3.8, 4) is 11.3 Å². The first kappa shape index (κ1) is 20.5. The molecule has 0 aliphatic heterocycles. The van der Waals surface area contributed by atoms with Crippen LogP contribution in [0.3, 0.4) is 0 Å². The van der Waals surface area contributed by atoms with Crippen molar-refractivity contribution in [1.82, 2.24) is 19.8 Å². The number of anilines is 1. The Labute approximate surface area is 179 Å². The van der Waals surface area contributed by atoms with Crippen LogP contribution in [-0.4, -0.2) is 37.3 Å². The van der Waals surface area contributed by atoms with Crippen molar-refractivity contribution in [2.24, 2.45) is 0 Å². The van der Waals surface area contributed by atoms with Crippen LogP contribution in [0.2, 0.25) is 0 Å². The van der Waals surface area contributed by atoms with Crippen LogP contribution in [0.15, 0.2) is 64.5 Å². The average Bonchev–Trinajstić information content (AvgIpc) is 3.21. The number of aromatic amines is 1. The Morgan fingerprint density at radius 3 is 2.52 bits per heavy atom.